The van der Waals surface area contributed by atoms with Crippen molar-refractivity contribution in [1.82, 2.24) is 0 Å². The van der Waals surface area contributed by atoms with Gasteiger partial charge in [-0.25, -0.2) is 0 Å². The minimum absolute atomic E-state index is 0.557. The third-order valence-electron chi connectivity index (χ3n) is 5.45. The van der Waals surface area contributed by atoms with Crippen molar-refractivity contribution in [3.8, 4) is 0 Å². The molecule has 0 unspecified atom stereocenters. The molecular weight excluding hydrogens is 395 g/mol. The monoisotopic (exact) mass is 418 g/mol. The van der Waals surface area contributed by atoms with Crippen LogP contribution in [0.4, 0.5) is 0 Å². The van der Waals surface area contributed by atoms with Gasteiger partial charge in [0.1, 0.15) is 0 Å². The molecule has 4 rings (SSSR count). The number of hydrogen-bond acceptors (Lipinski definition) is 1. The first-order valence-corrected chi connectivity index (χ1v) is 12.4. The van der Waals surface area contributed by atoms with Crippen molar-refractivity contribution < 1.29 is 4.52 Å². The van der Waals surface area contributed by atoms with E-state index in [1.807, 2.05) is 30.3 Å². The molecule has 0 aliphatic heterocycles. The fraction of sp³-hybridized carbons (Fsp3) is 0.0769. The van der Waals surface area contributed by atoms with E-state index in [0.717, 1.165) is 26.2 Å². The molecule has 0 bridgehead atoms. The van der Waals surface area contributed by atoms with Gasteiger partial charge in [0.2, 0.25) is 0 Å². The van der Waals surface area contributed by atoms with E-state index in [1.165, 1.54) is 0 Å². The molecular formula is C26H24ClOP. The van der Waals surface area contributed by atoms with E-state index in [-0.39, 0.29) is 0 Å². The molecule has 0 N–H and O–H groups in total. The van der Waals surface area contributed by atoms with Gasteiger partial charge in [0, 0.05) is 0 Å². The van der Waals surface area contributed by atoms with Crippen molar-refractivity contribution in [2.75, 3.05) is 6.61 Å². The summed E-state index contributed by atoms with van der Waals surface area (Å²) in [6, 6.07) is 39.8. The Morgan fingerprint density at radius 3 is 1.34 bits per heavy atom. The van der Waals surface area contributed by atoms with E-state index >= 15 is 0 Å². The van der Waals surface area contributed by atoms with Gasteiger partial charge in [0.25, 0.3) is 0 Å². The van der Waals surface area contributed by atoms with E-state index in [1.54, 1.807) is 0 Å². The molecule has 0 saturated heterocycles. The van der Waals surface area contributed by atoms with E-state index in [2.05, 4.69) is 91.9 Å². The van der Waals surface area contributed by atoms with Crippen LogP contribution in [0.2, 0.25) is 5.02 Å². The van der Waals surface area contributed by atoms with Crippen LogP contribution in [0.3, 0.4) is 0 Å². The Morgan fingerprint density at radius 2 is 0.966 bits per heavy atom. The maximum atomic E-state index is 7.09. The molecule has 146 valence electrons. The van der Waals surface area contributed by atoms with Gasteiger partial charge in [-0.3, -0.25) is 0 Å². The molecule has 0 spiro atoms. The van der Waals surface area contributed by atoms with Gasteiger partial charge in [-0.2, -0.15) is 0 Å². The summed E-state index contributed by atoms with van der Waals surface area (Å²) in [6.45, 7) is -0.931. The molecule has 29 heavy (non-hydrogen) atoms. The molecule has 0 amide bonds. The zero-order valence-electron chi connectivity index (χ0n) is 16.4. The molecule has 4 aromatic carbocycles. The molecule has 0 atom stereocenters. The summed E-state index contributed by atoms with van der Waals surface area (Å²) < 4.78 is 7.09. The van der Waals surface area contributed by atoms with E-state index in [0.29, 0.717) is 6.61 Å². The van der Waals surface area contributed by atoms with Crippen molar-refractivity contribution >= 4 is 39.6 Å². The number of hydrogen-bond donors (Lipinski definition) is 0. The predicted molar refractivity (Wildman–Crippen MR) is 128 cm³/mol. The van der Waals surface area contributed by atoms with Crippen LogP contribution in [0.15, 0.2) is 115 Å². The van der Waals surface area contributed by atoms with Crippen LogP contribution in [0.25, 0.3) is 0 Å². The Morgan fingerprint density at radius 1 is 0.586 bits per heavy atom. The first-order chi connectivity index (χ1) is 14.2. The fourth-order valence-electron chi connectivity index (χ4n) is 4.35. The average Bonchev–Trinajstić information content (AvgIpc) is 2.80. The quantitative estimate of drug-likeness (QED) is 0.378. The molecule has 0 fully saturated rings. The second kappa shape index (κ2) is 8.13. The molecule has 0 aliphatic rings. The van der Waals surface area contributed by atoms with Crippen LogP contribution < -0.4 is 21.2 Å². The molecule has 4 aromatic rings. The van der Waals surface area contributed by atoms with Crippen molar-refractivity contribution in [3.63, 3.8) is 0 Å². The van der Waals surface area contributed by atoms with E-state index < -0.39 is 6.83 Å². The van der Waals surface area contributed by atoms with Crippen LogP contribution in [0.5, 0.6) is 0 Å². The Balaban J connectivity index is 2.32. The Kier molecular flexibility index (Phi) is 5.56. The zero-order valence-corrected chi connectivity index (χ0v) is 18.1. The Bertz CT molecular complexity index is 982. The molecule has 0 aromatic heterocycles. The van der Waals surface area contributed by atoms with Gasteiger partial charge in [-0.1, -0.05) is 0 Å². The topological polar surface area (TPSA) is 9.23 Å². The van der Waals surface area contributed by atoms with Crippen LogP contribution in [-0.4, -0.2) is 6.61 Å². The predicted octanol–water partition coefficient (Wildman–Crippen LogP) is 5.45. The maximum absolute atomic E-state index is 7.09. The Labute approximate surface area is 178 Å². The molecule has 3 heteroatoms. The number of rotatable bonds is 6. The van der Waals surface area contributed by atoms with Crippen LogP contribution in [0.1, 0.15) is 6.92 Å². The number of benzene rings is 4. The second-order valence-electron chi connectivity index (χ2n) is 6.91. The van der Waals surface area contributed by atoms with Gasteiger partial charge in [-0.05, 0) is 0 Å². The standard InChI is InChI=1S/C26H24ClOP/c1-2-28-29(22-14-6-3-7-15-22,23-16-8-4-9-17-23,24-18-10-5-11-19-24)26-21-13-12-20-25(26)27/h3-21H,2H2,1H3. The molecule has 0 heterocycles. The molecule has 1 nitrogen and oxygen atoms in total. The Hall–Kier alpha value is -2.44. The van der Waals surface area contributed by atoms with Gasteiger partial charge in [0.05, 0.1) is 0 Å². The van der Waals surface area contributed by atoms with Crippen molar-refractivity contribution in [3.05, 3.63) is 120 Å². The number of halogens is 1. The van der Waals surface area contributed by atoms with Crippen LogP contribution in [-0.2, 0) is 4.52 Å². The summed E-state index contributed by atoms with van der Waals surface area (Å²) in [5.41, 5.74) is 0. The van der Waals surface area contributed by atoms with Gasteiger partial charge < -0.3 is 0 Å². The van der Waals surface area contributed by atoms with Crippen molar-refractivity contribution in [2.45, 2.75) is 6.92 Å². The molecule has 0 saturated carbocycles. The zero-order chi connectivity index (χ0) is 20.2. The summed E-state index contributed by atoms with van der Waals surface area (Å²) >= 11 is 6.94. The minimum atomic E-state index is -3.55. The van der Waals surface area contributed by atoms with Gasteiger partial charge in [-0.15, -0.1) is 0 Å². The summed E-state index contributed by atoms with van der Waals surface area (Å²) in [5.74, 6) is 0. The van der Waals surface area contributed by atoms with Crippen molar-refractivity contribution in [1.29, 1.82) is 0 Å². The average molecular weight is 419 g/mol. The van der Waals surface area contributed by atoms with Crippen LogP contribution >= 0.6 is 18.4 Å². The summed E-state index contributed by atoms with van der Waals surface area (Å²) in [7, 11) is 0. The summed E-state index contributed by atoms with van der Waals surface area (Å²) in [4.78, 5) is 0. The van der Waals surface area contributed by atoms with Gasteiger partial charge >= 0.3 is 178 Å². The first kappa shape index (κ1) is 19.9. The third-order valence-corrected chi connectivity index (χ3v) is 11.8. The molecule has 0 aliphatic carbocycles. The van der Waals surface area contributed by atoms with E-state index in [9.17, 15) is 0 Å². The fourth-order valence-corrected chi connectivity index (χ4v) is 10.9. The first-order valence-electron chi connectivity index (χ1n) is 9.82. The van der Waals surface area contributed by atoms with E-state index in [4.69, 9.17) is 16.1 Å². The second-order valence-corrected chi connectivity index (χ2v) is 11.7. The normalized spacial score (nSPS) is 12.8. The summed E-state index contributed by atoms with van der Waals surface area (Å²) in [6.07, 6.45) is 0. The van der Waals surface area contributed by atoms with Crippen molar-refractivity contribution in [2.24, 2.45) is 0 Å². The van der Waals surface area contributed by atoms with Crippen LogP contribution in [0, 0.1) is 0 Å². The SMILES string of the molecule is CCOP(c1ccccc1)(c1ccccc1)(c1ccccc1)c1ccccc1Cl. The molecule has 0 radical (unpaired) electrons. The van der Waals surface area contributed by atoms with Gasteiger partial charge in [0.15, 0.2) is 0 Å². The summed E-state index contributed by atoms with van der Waals surface area (Å²) in [5, 5.41) is 5.18. The third kappa shape index (κ3) is 2.93.